The van der Waals surface area contributed by atoms with Crippen molar-refractivity contribution in [2.24, 2.45) is 0 Å². The summed E-state index contributed by atoms with van der Waals surface area (Å²) in [5.74, 6) is -0.344. The maximum atomic E-state index is 12.3. The maximum absolute atomic E-state index is 12.3. The van der Waals surface area contributed by atoms with Crippen molar-refractivity contribution in [1.29, 1.82) is 5.26 Å². The number of nitrogens with zero attached hydrogens (tertiary/aromatic N) is 3. The Bertz CT molecular complexity index is 746. The first kappa shape index (κ1) is 14.6. The van der Waals surface area contributed by atoms with Crippen LogP contribution in [0.3, 0.4) is 0 Å². The van der Waals surface area contributed by atoms with Gasteiger partial charge >= 0.3 is 5.69 Å². The van der Waals surface area contributed by atoms with Gasteiger partial charge < -0.3 is 5.32 Å². The third-order valence-electron chi connectivity index (χ3n) is 4.28. The van der Waals surface area contributed by atoms with E-state index in [0.717, 1.165) is 43.1 Å². The van der Waals surface area contributed by atoms with Crippen LogP contribution in [0.4, 0.5) is 0 Å². The minimum Gasteiger partial charge on any atom is -0.352 e. The normalized spacial score (nSPS) is 18.1. The Hall–Kier alpha value is -2.36. The molecule has 7 nitrogen and oxygen atoms in total. The van der Waals surface area contributed by atoms with Crippen LogP contribution in [0.2, 0.25) is 0 Å². The van der Waals surface area contributed by atoms with E-state index >= 15 is 0 Å². The van der Waals surface area contributed by atoms with Crippen molar-refractivity contribution in [1.82, 2.24) is 14.5 Å². The van der Waals surface area contributed by atoms with Crippen molar-refractivity contribution in [3.63, 3.8) is 0 Å². The molecule has 0 atom stereocenters. The summed E-state index contributed by atoms with van der Waals surface area (Å²) in [5.41, 5.74) is -1.29. The minimum absolute atomic E-state index is 0.0457. The third-order valence-corrected chi connectivity index (χ3v) is 4.28. The van der Waals surface area contributed by atoms with Crippen molar-refractivity contribution in [2.75, 3.05) is 0 Å². The molecule has 2 aliphatic carbocycles. The molecule has 1 aromatic heterocycles. The first-order valence-corrected chi connectivity index (χ1v) is 7.65. The number of hydrogen-bond donors (Lipinski definition) is 1. The Morgan fingerprint density at radius 1 is 1.27 bits per heavy atom. The van der Waals surface area contributed by atoms with E-state index in [1.165, 1.54) is 10.8 Å². The molecule has 2 saturated carbocycles. The second kappa shape index (κ2) is 5.79. The number of carbonyl (C=O) groups is 1. The van der Waals surface area contributed by atoms with Gasteiger partial charge in [-0.2, -0.15) is 5.26 Å². The summed E-state index contributed by atoms with van der Waals surface area (Å²) < 4.78 is 2.28. The zero-order valence-electron chi connectivity index (χ0n) is 12.2. The molecule has 0 radical (unpaired) electrons. The molecule has 3 rings (SSSR count). The summed E-state index contributed by atoms with van der Waals surface area (Å²) in [6, 6.07) is 1.99. The third kappa shape index (κ3) is 2.82. The summed E-state index contributed by atoms with van der Waals surface area (Å²) in [4.78, 5) is 36.6. The van der Waals surface area contributed by atoms with Crippen LogP contribution in [0, 0.1) is 11.3 Å². The number of nitriles is 1. The van der Waals surface area contributed by atoms with Gasteiger partial charge in [-0.15, -0.1) is 0 Å². The van der Waals surface area contributed by atoms with Gasteiger partial charge in [0.1, 0.15) is 18.2 Å². The average Bonchev–Trinajstić information content (AvgIpc) is 3.21. The highest BCUT2D eigenvalue weighted by Gasteiger charge is 2.27. The highest BCUT2D eigenvalue weighted by molar-refractivity contribution is 5.76. The molecule has 1 aromatic rings. The molecule has 22 heavy (non-hydrogen) atoms. The van der Waals surface area contributed by atoms with Crippen molar-refractivity contribution in [3.8, 4) is 6.07 Å². The second-order valence-electron chi connectivity index (χ2n) is 6.02. The summed E-state index contributed by atoms with van der Waals surface area (Å²) >= 11 is 0. The second-order valence-corrected chi connectivity index (χ2v) is 6.02. The van der Waals surface area contributed by atoms with Crippen LogP contribution < -0.4 is 16.6 Å². The summed E-state index contributed by atoms with van der Waals surface area (Å²) in [6.07, 6.45) is 7.07. The van der Waals surface area contributed by atoms with E-state index < -0.39 is 11.2 Å². The van der Waals surface area contributed by atoms with Gasteiger partial charge in [-0.25, -0.2) is 9.36 Å². The topological polar surface area (TPSA) is 96.9 Å². The molecule has 0 unspecified atom stereocenters. The van der Waals surface area contributed by atoms with Crippen molar-refractivity contribution in [3.05, 3.63) is 32.6 Å². The molecule has 1 heterocycles. The quantitative estimate of drug-likeness (QED) is 0.863. The van der Waals surface area contributed by atoms with Crippen LogP contribution in [-0.2, 0) is 11.3 Å². The molecule has 1 amide bonds. The molecule has 0 aliphatic heterocycles. The van der Waals surface area contributed by atoms with Gasteiger partial charge in [-0.1, -0.05) is 12.8 Å². The van der Waals surface area contributed by atoms with Crippen molar-refractivity contribution in [2.45, 2.75) is 57.2 Å². The van der Waals surface area contributed by atoms with Gasteiger partial charge in [0.2, 0.25) is 5.91 Å². The van der Waals surface area contributed by atoms with Crippen LogP contribution in [0.25, 0.3) is 0 Å². The van der Waals surface area contributed by atoms with E-state index in [1.807, 2.05) is 6.07 Å². The Labute approximate surface area is 127 Å². The average molecular weight is 302 g/mol. The summed E-state index contributed by atoms with van der Waals surface area (Å²) in [6.45, 7) is -0.323. The monoisotopic (exact) mass is 302 g/mol. The van der Waals surface area contributed by atoms with Crippen molar-refractivity contribution < 1.29 is 4.79 Å². The number of amides is 1. The van der Waals surface area contributed by atoms with Gasteiger partial charge in [0.25, 0.3) is 5.56 Å². The standard InChI is InChI=1S/C15H18N4O3/c16-7-10-8-18(12-5-6-12)15(22)19(14(10)21)9-13(20)17-11-3-1-2-4-11/h8,11-12H,1-6,9H2,(H,17,20). The maximum Gasteiger partial charge on any atom is 0.331 e. The lowest BCUT2D eigenvalue weighted by Crippen LogP contribution is -2.45. The van der Waals surface area contributed by atoms with Crippen LogP contribution in [0.15, 0.2) is 15.8 Å². The molecule has 7 heteroatoms. The van der Waals surface area contributed by atoms with Gasteiger partial charge in [-0.05, 0) is 25.7 Å². The Kier molecular flexibility index (Phi) is 3.84. The molecule has 0 aromatic carbocycles. The molecule has 0 saturated heterocycles. The van der Waals surface area contributed by atoms with Gasteiger partial charge in [0.05, 0.1) is 0 Å². The van der Waals surface area contributed by atoms with Crippen LogP contribution in [-0.4, -0.2) is 21.1 Å². The molecular weight excluding hydrogens is 284 g/mol. The molecule has 0 spiro atoms. The molecule has 2 fully saturated rings. The molecule has 2 aliphatic rings. The minimum atomic E-state index is -0.689. The number of aromatic nitrogens is 2. The van der Waals surface area contributed by atoms with Crippen molar-refractivity contribution >= 4 is 5.91 Å². The van der Waals surface area contributed by atoms with Crippen LogP contribution in [0.1, 0.15) is 50.1 Å². The van der Waals surface area contributed by atoms with Gasteiger partial charge in [0, 0.05) is 18.3 Å². The molecule has 0 bridgehead atoms. The largest absolute Gasteiger partial charge is 0.352 e. The fourth-order valence-corrected chi connectivity index (χ4v) is 2.94. The number of nitrogens with one attached hydrogen (secondary N) is 1. The highest BCUT2D eigenvalue weighted by atomic mass is 16.2. The first-order chi connectivity index (χ1) is 10.6. The van der Waals surface area contributed by atoms with E-state index in [2.05, 4.69) is 5.32 Å². The number of hydrogen-bond acceptors (Lipinski definition) is 4. The Morgan fingerprint density at radius 3 is 2.55 bits per heavy atom. The highest BCUT2D eigenvalue weighted by Crippen LogP contribution is 2.33. The predicted octanol–water partition coefficient (Wildman–Crippen LogP) is 0.275. The van der Waals surface area contributed by atoms with Gasteiger partial charge in [0.15, 0.2) is 0 Å². The lowest BCUT2D eigenvalue weighted by atomic mass is 10.2. The lowest BCUT2D eigenvalue weighted by molar-refractivity contribution is -0.122. The fourth-order valence-electron chi connectivity index (χ4n) is 2.94. The summed E-state index contributed by atoms with van der Waals surface area (Å²) in [5, 5.41) is 11.9. The first-order valence-electron chi connectivity index (χ1n) is 7.65. The van der Waals surface area contributed by atoms with E-state index in [4.69, 9.17) is 5.26 Å². The van der Waals surface area contributed by atoms with E-state index in [0.29, 0.717) is 0 Å². The molecule has 1 N–H and O–H groups in total. The number of rotatable bonds is 4. The zero-order chi connectivity index (χ0) is 15.7. The number of carbonyl (C=O) groups excluding carboxylic acids is 1. The predicted molar refractivity (Wildman–Crippen MR) is 78.3 cm³/mol. The SMILES string of the molecule is N#Cc1cn(C2CC2)c(=O)n(CC(=O)NC2CCCC2)c1=O. The van der Waals surface area contributed by atoms with Gasteiger partial charge in [-0.3, -0.25) is 14.2 Å². The van der Waals surface area contributed by atoms with E-state index in [1.54, 1.807) is 0 Å². The molecule has 116 valence electrons. The smallest absolute Gasteiger partial charge is 0.331 e. The zero-order valence-corrected chi connectivity index (χ0v) is 12.2. The lowest BCUT2D eigenvalue weighted by Gasteiger charge is -2.13. The van der Waals surface area contributed by atoms with E-state index in [9.17, 15) is 14.4 Å². The van der Waals surface area contributed by atoms with Crippen LogP contribution >= 0.6 is 0 Å². The summed E-state index contributed by atoms with van der Waals surface area (Å²) in [7, 11) is 0. The Morgan fingerprint density at radius 2 is 1.95 bits per heavy atom. The van der Waals surface area contributed by atoms with E-state index in [-0.39, 0.29) is 30.1 Å². The molecular formula is C15H18N4O3. The Balaban J connectivity index is 1.87. The van der Waals surface area contributed by atoms with Crippen LogP contribution in [0.5, 0.6) is 0 Å². The fraction of sp³-hybridized carbons (Fsp3) is 0.600.